The Morgan fingerprint density at radius 1 is 1.14 bits per heavy atom. The van der Waals surface area contributed by atoms with Crippen molar-refractivity contribution in [3.8, 4) is 0 Å². The molecule has 0 saturated heterocycles. The fourth-order valence-corrected chi connectivity index (χ4v) is 5.79. The Morgan fingerprint density at radius 2 is 1.92 bits per heavy atom. The van der Waals surface area contributed by atoms with Crippen molar-refractivity contribution in [3.63, 3.8) is 0 Å². The van der Waals surface area contributed by atoms with E-state index in [0.29, 0.717) is 26.1 Å². The third-order valence-corrected chi connectivity index (χ3v) is 7.61. The highest BCUT2D eigenvalue weighted by Gasteiger charge is 2.42. The number of fused-ring (bicyclic) bond motifs is 6. The molecule has 6 rings (SSSR count). The normalized spacial score (nSPS) is 16.6. The van der Waals surface area contributed by atoms with E-state index in [2.05, 4.69) is 45.2 Å². The Morgan fingerprint density at radius 3 is 2.72 bits per heavy atom. The number of amides is 2. The molecule has 184 valence electrons. The van der Waals surface area contributed by atoms with Gasteiger partial charge in [0.25, 0.3) is 5.91 Å². The molecule has 8 heteroatoms. The molecular weight excluding hydrogens is 454 g/mol. The number of carbonyl (C=O) groups is 2. The average molecular weight is 484 g/mol. The molecule has 0 fully saturated rings. The van der Waals surface area contributed by atoms with Crippen LogP contribution in [0.2, 0.25) is 0 Å². The van der Waals surface area contributed by atoms with Crippen molar-refractivity contribution >= 4 is 28.4 Å². The van der Waals surface area contributed by atoms with Gasteiger partial charge in [-0.2, -0.15) is 0 Å². The lowest BCUT2D eigenvalue weighted by atomic mass is 9.96. The predicted octanol–water partition coefficient (Wildman–Crippen LogP) is 4.10. The van der Waals surface area contributed by atoms with Crippen LogP contribution in [0.5, 0.6) is 0 Å². The number of rotatable bonds is 5. The molecule has 36 heavy (non-hydrogen) atoms. The minimum Gasteiger partial charge on any atom is -0.361 e. The van der Waals surface area contributed by atoms with E-state index >= 15 is 0 Å². The quantitative estimate of drug-likeness (QED) is 0.462. The first-order chi connectivity index (χ1) is 17.5. The van der Waals surface area contributed by atoms with Crippen LogP contribution in [-0.2, 0) is 24.3 Å². The van der Waals surface area contributed by atoms with Crippen LogP contribution in [-0.4, -0.2) is 40.0 Å². The van der Waals surface area contributed by atoms with Gasteiger partial charge in [-0.1, -0.05) is 35.5 Å². The number of aromatic nitrogens is 2. The molecule has 2 amide bonds. The molecule has 4 aromatic rings. The number of aryl methyl sites for hydroxylation is 3. The molecule has 0 spiro atoms. The molecule has 0 bridgehead atoms. The average Bonchev–Trinajstić information content (AvgIpc) is 3.40. The number of nitrogens with one attached hydrogen (secondary N) is 1. The van der Waals surface area contributed by atoms with Crippen LogP contribution in [0.1, 0.15) is 51.2 Å². The van der Waals surface area contributed by atoms with Crippen LogP contribution < -0.4 is 10.2 Å². The predicted molar refractivity (Wildman–Crippen MR) is 137 cm³/mol. The van der Waals surface area contributed by atoms with E-state index in [1.165, 1.54) is 10.9 Å². The summed E-state index contributed by atoms with van der Waals surface area (Å²) in [4.78, 5) is 30.5. The van der Waals surface area contributed by atoms with Gasteiger partial charge in [-0.05, 0) is 44.0 Å². The first-order valence-electron chi connectivity index (χ1n) is 12.4. The van der Waals surface area contributed by atoms with Crippen LogP contribution in [0.15, 0.2) is 53.1 Å². The number of para-hydroxylation sites is 2. The summed E-state index contributed by atoms with van der Waals surface area (Å²) in [6, 6.07) is 16.1. The summed E-state index contributed by atoms with van der Waals surface area (Å²) in [5, 5.41) is 8.18. The highest BCUT2D eigenvalue weighted by Crippen LogP contribution is 2.44. The van der Waals surface area contributed by atoms with Crippen molar-refractivity contribution in [2.24, 2.45) is 0 Å². The largest absolute Gasteiger partial charge is 0.361 e. The zero-order valence-corrected chi connectivity index (χ0v) is 20.7. The van der Waals surface area contributed by atoms with Crippen LogP contribution >= 0.6 is 0 Å². The summed E-state index contributed by atoms with van der Waals surface area (Å²) in [6.07, 6.45) is 0.906. The molecule has 0 saturated carbocycles. The lowest BCUT2D eigenvalue weighted by molar-refractivity contribution is -0.121. The molecular formula is C28H29N5O3. The van der Waals surface area contributed by atoms with E-state index < -0.39 is 0 Å². The molecule has 2 aromatic heterocycles. The second kappa shape index (κ2) is 8.55. The zero-order valence-electron chi connectivity index (χ0n) is 20.7. The Kier molecular flexibility index (Phi) is 5.32. The van der Waals surface area contributed by atoms with Gasteiger partial charge >= 0.3 is 0 Å². The summed E-state index contributed by atoms with van der Waals surface area (Å²) in [5.74, 6) is 0.754. The van der Waals surface area contributed by atoms with Gasteiger partial charge in [0.1, 0.15) is 11.9 Å². The van der Waals surface area contributed by atoms with Crippen molar-refractivity contribution in [3.05, 3.63) is 82.4 Å². The number of anilines is 1. The van der Waals surface area contributed by atoms with Gasteiger partial charge in [0.15, 0.2) is 0 Å². The lowest BCUT2D eigenvalue weighted by Gasteiger charge is -2.46. The number of nitrogens with zero attached hydrogens (tertiary/aromatic N) is 4. The van der Waals surface area contributed by atoms with Crippen molar-refractivity contribution in [1.29, 1.82) is 0 Å². The summed E-state index contributed by atoms with van der Waals surface area (Å²) in [6.45, 7) is 5.32. The minimum absolute atomic E-state index is 0.0346. The summed E-state index contributed by atoms with van der Waals surface area (Å²) in [7, 11) is 2.05. The number of hydrogen-bond donors (Lipinski definition) is 1. The molecule has 1 atom stereocenters. The van der Waals surface area contributed by atoms with E-state index in [9.17, 15) is 9.59 Å². The topological polar surface area (TPSA) is 83.6 Å². The van der Waals surface area contributed by atoms with Crippen LogP contribution in [0.3, 0.4) is 0 Å². The van der Waals surface area contributed by atoms with Crippen molar-refractivity contribution < 1.29 is 14.1 Å². The summed E-state index contributed by atoms with van der Waals surface area (Å²) in [5.41, 5.74) is 6.86. The molecule has 4 heterocycles. The molecule has 0 radical (unpaired) electrons. The number of hydrogen-bond acceptors (Lipinski definition) is 5. The van der Waals surface area contributed by atoms with Crippen LogP contribution in [0.25, 0.3) is 10.9 Å². The fourth-order valence-electron chi connectivity index (χ4n) is 5.79. The number of carbonyl (C=O) groups excluding carboxylic acids is 2. The van der Waals surface area contributed by atoms with E-state index in [0.717, 1.165) is 45.9 Å². The third-order valence-electron chi connectivity index (χ3n) is 7.61. The Hall–Kier alpha value is -4.07. The standard InChI is InChI=1S/C28H29N5O3/c1-17-22(18(2)36-30-17)16-29-25(34)13-15-32-24-11-7-4-8-19(24)20-12-14-33-27(26(20)32)31(3)23-10-6-5-9-21(23)28(33)35/h4-11,27H,12-16H2,1-3H3,(H,29,34). The maximum atomic E-state index is 13.5. The minimum atomic E-state index is -0.214. The van der Waals surface area contributed by atoms with E-state index in [-0.39, 0.29) is 18.0 Å². The van der Waals surface area contributed by atoms with Crippen molar-refractivity contribution in [2.75, 3.05) is 18.5 Å². The lowest BCUT2D eigenvalue weighted by Crippen LogP contribution is -2.51. The van der Waals surface area contributed by atoms with Gasteiger partial charge in [-0.3, -0.25) is 9.59 Å². The molecule has 2 aliphatic heterocycles. The maximum absolute atomic E-state index is 13.5. The van der Waals surface area contributed by atoms with Gasteiger partial charge in [0, 0.05) is 49.6 Å². The smallest absolute Gasteiger partial charge is 0.257 e. The maximum Gasteiger partial charge on any atom is 0.257 e. The summed E-state index contributed by atoms with van der Waals surface area (Å²) < 4.78 is 7.45. The van der Waals surface area contributed by atoms with Crippen molar-refractivity contribution in [2.45, 2.75) is 45.9 Å². The molecule has 1 unspecified atom stereocenters. The third kappa shape index (κ3) is 3.39. The molecule has 8 nitrogen and oxygen atoms in total. The zero-order chi connectivity index (χ0) is 25.0. The molecule has 2 aromatic carbocycles. The van der Waals surface area contributed by atoms with Gasteiger partial charge in [0.2, 0.25) is 5.91 Å². The monoisotopic (exact) mass is 483 g/mol. The number of benzene rings is 2. The van der Waals surface area contributed by atoms with Crippen LogP contribution in [0.4, 0.5) is 5.69 Å². The molecule has 1 N–H and O–H groups in total. The molecule has 0 aliphatic carbocycles. The van der Waals surface area contributed by atoms with Gasteiger partial charge < -0.3 is 24.2 Å². The first kappa shape index (κ1) is 22.4. The Bertz CT molecular complexity index is 1480. The van der Waals surface area contributed by atoms with Gasteiger partial charge in [-0.15, -0.1) is 0 Å². The second-order valence-electron chi connectivity index (χ2n) is 9.61. The molecule has 2 aliphatic rings. The van der Waals surface area contributed by atoms with E-state index in [1.54, 1.807) is 0 Å². The fraction of sp³-hybridized carbons (Fsp3) is 0.321. The van der Waals surface area contributed by atoms with Crippen LogP contribution in [0, 0.1) is 13.8 Å². The SMILES string of the molecule is Cc1noc(C)c1CNC(=O)CCn1c2c(c3ccccc31)CCN1C(=O)c3ccccc3N(C)C21. The Labute approximate surface area is 209 Å². The van der Waals surface area contributed by atoms with Crippen molar-refractivity contribution in [1.82, 2.24) is 19.9 Å². The summed E-state index contributed by atoms with van der Waals surface area (Å²) >= 11 is 0. The van der Waals surface area contributed by atoms with E-state index in [1.807, 2.05) is 49.1 Å². The van der Waals surface area contributed by atoms with Gasteiger partial charge in [0.05, 0.1) is 22.6 Å². The highest BCUT2D eigenvalue weighted by atomic mass is 16.5. The van der Waals surface area contributed by atoms with E-state index in [4.69, 9.17) is 4.52 Å². The highest BCUT2D eigenvalue weighted by molar-refractivity contribution is 6.02. The Balaban J connectivity index is 1.34. The first-order valence-corrected chi connectivity index (χ1v) is 12.4. The second-order valence-corrected chi connectivity index (χ2v) is 9.61. The van der Waals surface area contributed by atoms with Gasteiger partial charge in [-0.25, -0.2) is 0 Å².